The summed E-state index contributed by atoms with van der Waals surface area (Å²) in [6, 6.07) is 22.3. The van der Waals surface area contributed by atoms with Crippen molar-refractivity contribution in [1.29, 1.82) is 0 Å². The van der Waals surface area contributed by atoms with Crippen LogP contribution in [-0.2, 0) is 0 Å². The molecular weight excluding hydrogens is 256 g/mol. The molecule has 0 radical (unpaired) electrons. The Bertz CT molecular complexity index is 773. The second-order valence-electron chi connectivity index (χ2n) is 5.36. The summed E-state index contributed by atoms with van der Waals surface area (Å²) in [5, 5.41) is 10.2. The molecule has 0 aromatic heterocycles. The zero-order valence-corrected chi connectivity index (χ0v) is 12.3. The number of hydrogen-bond acceptors (Lipinski definition) is 1. The molecule has 0 atom stereocenters. The minimum atomic E-state index is 0.328. The van der Waals surface area contributed by atoms with Crippen molar-refractivity contribution in [2.75, 3.05) is 0 Å². The highest BCUT2D eigenvalue weighted by Crippen LogP contribution is 2.36. The van der Waals surface area contributed by atoms with E-state index in [4.69, 9.17) is 0 Å². The molecule has 0 aliphatic heterocycles. The molecular formula is C20H18O. The van der Waals surface area contributed by atoms with Crippen molar-refractivity contribution >= 4 is 0 Å². The summed E-state index contributed by atoms with van der Waals surface area (Å²) >= 11 is 0. The van der Waals surface area contributed by atoms with E-state index in [0.29, 0.717) is 5.75 Å². The number of phenols is 1. The topological polar surface area (TPSA) is 20.2 Å². The lowest BCUT2D eigenvalue weighted by Crippen LogP contribution is -1.89. The fraction of sp³-hybridized carbons (Fsp3) is 0.100. The fourth-order valence-electron chi connectivity index (χ4n) is 2.72. The molecule has 0 unspecified atom stereocenters. The average Bonchev–Trinajstić information content (AvgIpc) is 2.51. The zero-order chi connectivity index (χ0) is 14.8. The van der Waals surface area contributed by atoms with Gasteiger partial charge in [-0.05, 0) is 48.2 Å². The van der Waals surface area contributed by atoms with E-state index in [1.165, 1.54) is 16.7 Å². The Balaban J connectivity index is 2.20. The Kier molecular flexibility index (Phi) is 3.49. The van der Waals surface area contributed by atoms with Crippen LogP contribution in [0.25, 0.3) is 22.3 Å². The van der Waals surface area contributed by atoms with Crippen LogP contribution in [0, 0.1) is 13.8 Å². The maximum atomic E-state index is 10.2. The summed E-state index contributed by atoms with van der Waals surface area (Å²) in [5.41, 5.74) is 6.71. The number of aromatic hydroxyl groups is 1. The Morgan fingerprint density at radius 2 is 1.38 bits per heavy atom. The highest BCUT2D eigenvalue weighted by molar-refractivity contribution is 5.81. The van der Waals surface area contributed by atoms with E-state index in [1.807, 2.05) is 43.3 Å². The Hall–Kier alpha value is -2.54. The summed E-state index contributed by atoms with van der Waals surface area (Å²) in [6.07, 6.45) is 0. The lowest BCUT2D eigenvalue weighted by atomic mass is 9.92. The summed E-state index contributed by atoms with van der Waals surface area (Å²) in [6.45, 7) is 4.15. The minimum Gasteiger partial charge on any atom is -0.507 e. The van der Waals surface area contributed by atoms with Crippen LogP contribution in [0.3, 0.4) is 0 Å². The van der Waals surface area contributed by atoms with Gasteiger partial charge in [0.2, 0.25) is 0 Å². The first-order valence-electron chi connectivity index (χ1n) is 7.12. The van der Waals surface area contributed by atoms with Gasteiger partial charge in [0.05, 0.1) is 0 Å². The van der Waals surface area contributed by atoms with Crippen molar-refractivity contribution in [2.45, 2.75) is 13.8 Å². The van der Waals surface area contributed by atoms with E-state index < -0.39 is 0 Å². The molecule has 104 valence electrons. The molecule has 0 saturated heterocycles. The highest BCUT2D eigenvalue weighted by atomic mass is 16.3. The predicted octanol–water partition coefficient (Wildman–Crippen LogP) is 5.34. The van der Waals surface area contributed by atoms with Crippen LogP contribution in [-0.4, -0.2) is 5.11 Å². The van der Waals surface area contributed by atoms with Crippen molar-refractivity contribution in [3.8, 4) is 28.0 Å². The average molecular weight is 274 g/mol. The Labute approximate surface area is 125 Å². The van der Waals surface area contributed by atoms with Crippen LogP contribution in [0.2, 0.25) is 0 Å². The summed E-state index contributed by atoms with van der Waals surface area (Å²) in [5.74, 6) is 0.328. The molecule has 0 spiro atoms. The molecule has 0 fully saturated rings. The quantitative estimate of drug-likeness (QED) is 0.668. The first-order valence-corrected chi connectivity index (χ1v) is 7.12. The standard InChI is InChI=1S/C20H18O/c1-14-11-12-20(21)19(13-14)18-10-6-9-17(15(18)2)16-7-4-3-5-8-16/h3-13,21H,1-2H3. The van der Waals surface area contributed by atoms with Crippen LogP contribution in [0.15, 0.2) is 66.7 Å². The Morgan fingerprint density at radius 3 is 2.14 bits per heavy atom. The van der Waals surface area contributed by atoms with E-state index >= 15 is 0 Å². The number of phenolic OH excluding ortho intramolecular Hbond substituents is 1. The molecule has 21 heavy (non-hydrogen) atoms. The molecule has 0 aliphatic carbocycles. The monoisotopic (exact) mass is 274 g/mol. The third-order valence-electron chi connectivity index (χ3n) is 3.86. The third-order valence-corrected chi connectivity index (χ3v) is 3.86. The number of hydrogen-bond donors (Lipinski definition) is 1. The number of benzene rings is 3. The van der Waals surface area contributed by atoms with Crippen LogP contribution < -0.4 is 0 Å². The van der Waals surface area contributed by atoms with E-state index in [9.17, 15) is 5.11 Å². The first kappa shape index (κ1) is 13.4. The van der Waals surface area contributed by atoms with Gasteiger partial charge in [-0.3, -0.25) is 0 Å². The van der Waals surface area contributed by atoms with Crippen molar-refractivity contribution in [3.05, 3.63) is 77.9 Å². The summed E-state index contributed by atoms with van der Waals surface area (Å²) < 4.78 is 0. The first-order chi connectivity index (χ1) is 10.2. The van der Waals surface area contributed by atoms with Crippen molar-refractivity contribution in [1.82, 2.24) is 0 Å². The second-order valence-corrected chi connectivity index (χ2v) is 5.36. The van der Waals surface area contributed by atoms with Crippen molar-refractivity contribution in [2.24, 2.45) is 0 Å². The zero-order valence-electron chi connectivity index (χ0n) is 12.3. The highest BCUT2D eigenvalue weighted by Gasteiger charge is 2.11. The van der Waals surface area contributed by atoms with E-state index in [1.54, 1.807) is 6.07 Å². The number of rotatable bonds is 2. The molecule has 0 aliphatic rings. The molecule has 0 bridgehead atoms. The van der Waals surface area contributed by atoms with E-state index in [-0.39, 0.29) is 0 Å². The van der Waals surface area contributed by atoms with Crippen LogP contribution in [0.1, 0.15) is 11.1 Å². The third kappa shape index (κ3) is 2.55. The summed E-state index contributed by atoms with van der Waals surface area (Å²) in [7, 11) is 0. The van der Waals surface area contributed by atoms with Crippen molar-refractivity contribution < 1.29 is 5.11 Å². The van der Waals surface area contributed by atoms with E-state index in [0.717, 1.165) is 16.7 Å². The normalized spacial score (nSPS) is 10.6. The maximum absolute atomic E-state index is 10.2. The number of aryl methyl sites for hydroxylation is 1. The smallest absolute Gasteiger partial charge is 0.123 e. The largest absolute Gasteiger partial charge is 0.507 e. The molecule has 3 aromatic carbocycles. The molecule has 1 heteroatoms. The van der Waals surface area contributed by atoms with Gasteiger partial charge in [-0.25, -0.2) is 0 Å². The van der Waals surface area contributed by atoms with Gasteiger partial charge in [-0.2, -0.15) is 0 Å². The Morgan fingerprint density at radius 1 is 0.667 bits per heavy atom. The lowest BCUT2D eigenvalue weighted by molar-refractivity contribution is 0.477. The van der Waals surface area contributed by atoms with Crippen LogP contribution >= 0.6 is 0 Å². The molecule has 3 rings (SSSR count). The molecule has 0 saturated carbocycles. The molecule has 1 nitrogen and oxygen atoms in total. The van der Waals surface area contributed by atoms with Gasteiger partial charge in [-0.1, -0.05) is 60.2 Å². The molecule has 3 aromatic rings. The fourth-order valence-corrected chi connectivity index (χ4v) is 2.72. The minimum absolute atomic E-state index is 0.328. The van der Waals surface area contributed by atoms with Gasteiger partial charge in [0, 0.05) is 5.56 Å². The maximum Gasteiger partial charge on any atom is 0.123 e. The van der Waals surface area contributed by atoms with Crippen LogP contribution in [0.5, 0.6) is 5.75 Å². The SMILES string of the molecule is Cc1ccc(O)c(-c2cccc(-c3ccccc3)c2C)c1. The summed E-state index contributed by atoms with van der Waals surface area (Å²) in [4.78, 5) is 0. The molecule has 1 N–H and O–H groups in total. The predicted molar refractivity (Wildman–Crippen MR) is 88.5 cm³/mol. The van der Waals surface area contributed by atoms with Gasteiger partial charge in [0.15, 0.2) is 0 Å². The van der Waals surface area contributed by atoms with Gasteiger partial charge in [0.1, 0.15) is 5.75 Å². The van der Waals surface area contributed by atoms with E-state index in [2.05, 4.69) is 31.2 Å². The van der Waals surface area contributed by atoms with Gasteiger partial charge in [0.25, 0.3) is 0 Å². The molecule has 0 heterocycles. The van der Waals surface area contributed by atoms with Gasteiger partial charge in [-0.15, -0.1) is 0 Å². The molecule has 0 amide bonds. The van der Waals surface area contributed by atoms with Crippen molar-refractivity contribution in [3.63, 3.8) is 0 Å². The lowest BCUT2D eigenvalue weighted by Gasteiger charge is -2.13. The van der Waals surface area contributed by atoms with Gasteiger partial charge < -0.3 is 5.11 Å². The van der Waals surface area contributed by atoms with Crippen LogP contribution in [0.4, 0.5) is 0 Å². The second kappa shape index (κ2) is 5.45. The van der Waals surface area contributed by atoms with Gasteiger partial charge >= 0.3 is 0 Å².